The van der Waals surface area contributed by atoms with Crippen LogP contribution in [0.2, 0.25) is 0 Å². The molecule has 0 fully saturated rings. The predicted molar refractivity (Wildman–Crippen MR) is 117 cm³/mol. The van der Waals surface area contributed by atoms with E-state index in [1.165, 1.54) is 35.4 Å². The zero-order valence-electron chi connectivity index (χ0n) is 15.3. The molecule has 0 spiro atoms. The Balaban J connectivity index is 0.00000243. The van der Waals surface area contributed by atoms with Crippen molar-refractivity contribution in [2.24, 2.45) is 4.99 Å². The van der Waals surface area contributed by atoms with E-state index in [2.05, 4.69) is 45.8 Å². The summed E-state index contributed by atoms with van der Waals surface area (Å²) >= 11 is 0. The van der Waals surface area contributed by atoms with Crippen LogP contribution in [0.15, 0.2) is 47.5 Å². The molecule has 0 saturated heterocycles. The van der Waals surface area contributed by atoms with Gasteiger partial charge < -0.3 is 15.5 Å². The van der Waals surface area contributed by atoms with Crippen molar-refractivity contribution in [3.05, 3.63) is 65.0 Å². The fourth-order valence-electron chi connectivity index (χ4n) is 3.19. The van der Waals surface area contributed by atoms with Gasteiger partial charge in [0.25, 0.3) is 0 Å². The van der Waals surface area contributed by atoms with Gasteiger partial charge in [-0.05, 0) is 47.7 Å². The lowest BCUT2D eigenvalue weighted by molar-refractivity contribution is 0.624. The molecule has 1 aliphatic rings. The van der Waals surface area contributed by atoms with Gasteiger partial charge in [0.05, 0.1) is 0 Å². The molecule has 1 heterocycles. The van der Waals surface area contributed by atoms with Gasteiger partial charge in [0, 0.05) is 39.4 Å². The topological polar surface area (TPSA) is 39.7 Å². The van der Waals surface area contributed by atoms with Crippen LogP contribution in [0.5, 0.6) is 0 Å². The molecule has 6 heteroatoms. The van der Waals surface area contributed by atoms with Crippen molar-refractivity contribution >= 4 is 35.6 Å². The molecule has 1 aliphatic heterocycles. The van der Waals surface area contributed by atoms with Crippen LogP contribution >= 0.6 is 24.0 Å². The van der Waals surface area contributed by atoms with Crippen LogP contribution in [0, 0.1) is 5.82 Å². The number of guanidine groups is 1. The number of halogens is 2. The maximum Gasteiger partial charge on any atom is 0.191 e. The van der Waals surface area contributed by atoms with Gasteiger partial charge in [-0.25, -0.2) is 4.39 Å². The highest BCUT2D eigenvalue weighted by Crippen LogP contribution is 2.26. The van der Waals surface area contributed by atoms with E-state index in [9.17, 15) is 4.39 Å². The van der Waals surface area contributed by atoms with E-state index in [-0.39, 0.29) is 29.8 Å². The highest BCUT2D eigenvalue weighted by Gasteiger charge is 2.13. The summed E-state index contributed by atoms with van der Waals surface area (Å²) in [5, 5.41) is 6.54. The smallest absolute Gasteiger partial charge is 0.191 e. The van der Waals surface area contributed by atoms with Crippen LogP contribution in [0.25, 0.3) is 0 Å². The molecular weight excluding hydrogens is 442 g/mol. The number of hydrogen-bond acceptors (Lipinski definition) is 2. The third kappa shape index (κ3) is 5.33. The Morgan fingerprint density at radius 2 is 1.85 bits per heavy atom. The van der Waals surface area contributed by atoms with Crippen LogP contribution in [-0.2, 0) is 19.5 Å². The number of benzene rings is 2. The number of aryl methyl sites for hydroxylation is 1. The highest BCUT2D eigenvalue weighted by atomic mass is 127. The summed E-state index contributed by atoms with van der Waals surface area (Å²) in [6.45, 7) is 2.37. The van der Waals surface area contributed by atoms with Crippen LogP contribution in [0.4, 0.5) is 10.1 Å². The number of nitrogens with zero attached hydrogens (tertiary/aromatic N) is 2. The number of hydrogen-bond donors (Lipinski definition) is 2. The van der Waals surface area contributed by atoms with E-state index in [0.29, 0.717) is 19.0 Å². The normalized spacial score (nSPS) is 13.7. The molecule has 0 radical (unpaired) electrons. The lowest BCUT2D eigenvalue weighted by atomic mass is 9.99. The fourth-order valence-corrected chi connectivity index (χ4v) is 3.19. The predicted octanol–water partition coefficient (Wildman–Crippen LogP) is 3.69. The van der Waals surface area contributed by atoms with E-state index in [1.54, 1.807) is 13.1 Å². The fraction of sp³-hybridized carbons (Fsp3) is 0.350. The van der Waals surface area contributed by atoms with Gasteiger partial charge >= 0.3 is 0 Å². The van der Waals surface area contributed by atoms with Gasteiger partial charge in [-0.15, -0.1) is 24.0 Å². The molecule has 3 rings (SSSR count). The molecule has 0 aliphatic carbocycles. The number of anilines is 1. The van der Waals surface area contributed by atoms with Gasteiger partial charge in [-0.1, -0.05) is 24.3 Å². The summed E-state index contributed by atoms with van der Waals surface area (Å²) in [6.07, 6.45) is 2.34. The summed E-state index contributed by atoms with van der Waals surface area (Å²) in [6, 6.07) is 13.2. The first-order valence-corrected chi connectivity index (χ1v) is 8.67. The molecule has 4 nitrogen and oxygen atoms in total. The first-order chi connectivity index (χ1) is 12.2. The van der Waals surface area contributed by atoms with Crippen molar-refractivity contribution in [2.45, 2.75) is 25.9 Å². The van der Waals surface area contributed by atoms with Crippen LogP contribution in [-0.4, -0.2) is 26.6 Å². The Morgan fingerprint density at radius 3 is 2.54 bits per heavy atom. The molecule has 0 unspecified atom stereocenters. The Morgan fingerprint density at radius 1 is 1.12 bits per heavy atom. The number of fused-ring (bicyclic) bond motifs is 1. The van der Waals surface area contributed by atoms with Crippen LogP contribution < -0.4 is 15.5 Å². The summed E-state index contributed by atoms with van der Waals surface area (Å²) < 4.78 is 13.2. The van der Waals surface area contributed by atoms with E-state index < -0.39 is 0 Å². The molecular formula is C20H26FIN4. The van der Waals surface area contributed by atoms with Crippen LogP contribution in [0.1, 0.15) is 23.1 Å². The van der Waals surface area contributed by atoms with Crippen molar-refractivity contribution in [2.75, 3.05) is 25.5 Å². The Bertz CT molecular complexity index is 763. The molecule has 2 N–H and O–H groups in total. The number of aliphatic imine (C=N–C) groups is 1. The third-order valence-corrected chi connectivity index (χ3v) is 4.53. The monoisotopic (exact) mass is 468 g/mol. The first-order valence-electron chi connectivity index (χ1n) is 8.67. The maximum atomic E-state index is 13.2. The van der Waals surface area contributed by atoms with Crippen molar-refractivity contribution in [3.63, 3.8) is 0 Å². The zero-order chi connectivity index (χ0) is 17.6. The Kier molecular flexibility index (Phi) is 7.68. The molecule has 0 saturated carbocycles. The van der Waals surface area contributed by atoms with Gasteiger partial charge in [0.2, 0.25) is 0 Å². The second kappa shape index (κ2) is 9.75. The summed E-state index contributed by atoms with van der Waals surface area (Å²) in [5.74, 6) is 0.486. The second-order valence-electron chi connectivity index (χ2n) is 6.40. The molecule has 0 bridgehead atoms. The molecule has 26 heavy (non-hydrogen) atoms. The summed E-state index contributed by atoms with van der Waals surface area (Å²) in [7, 11) is 3.89. The van der Waals surface area contributed by atoms with E-state index >= 15 is 0 Å². The second-order valence-corrected chi connectivity index (χ2v) is 6.40. The molecule has 0 atom stereocenters. The number of nitrogens with one attached hydrogen (secondary N) is 2. The molecule has 2 aromatic rings. The average molecular weight is 468 g/mol. The minimum absolute atomic E-state index is 0. The van der Waals surface area contributed by atoms with Crippen molar-refractivity contribution < 1.29 is 4.39 Å². The van der Waals surface area contributed by atoms with Crippen molar-refractivity contribution in [1.29, 1.82) is 0 Å². The average Bonchev–Trinajstić information content (AvgIpc) is 2.62. The molecule has 0 aromatic heterocycles. The lowest BCUT2D eigenvalue weighted by Gasteiger charge is -2.28. The summed E-state index contributed by atoms with van der Waals surface area (Å²) in [4.78, 5) is 6.55. The van der Waals surface area contributed by atoms with E-state index in [4.69, 9.17) is 0 Å². The molecule has 0 amide bonds. The van der Waals surface area contributed by atoms with Crippen molar-refractivity contribution in [3.8, 4) is 0 Å². The Hall–Kier alpha value is -1.83. The minimum atomic E-state index is -0.221. The highest BCUT2D eigenvalue weighted by molar-refractivity contribution is 14.0. The summed E-state index contributed by atoms with van der Waals surface area (Å²) in [5.41, 5.74) is 4.88. The Labute approximate surface area is 171 Å². The van der Waals surface area contributed by atoms with Crippen molar-refractivity contribution in [1.82, 2.24) is 10.6 Å². The van der Waals surface area contributed by atoms with E-state index in [0.717, 1.165) is 18.5 Å². The minimum Gasteiger partial charge on any atom is -0.374 e. The van der Waals surface area contributed by atoms with Crippen LogP contribution in [0.3, 0.4) is 0 Å². The number of rotatable bonds is 4. The zero-order valence-corrected chi connectivity index (χ0v) is 17.6. The van der Waals surface area contributed by atoms with Gasteiger partial charge in [0.1, 0.15) is 5.82 Å². The third-order valence-electron chi connectivity index (χ3n) is 4.53. The SMILES string of the molecule is CN=C(NCc1cccc(F)c1)NCc1ccc2c(c1)CCCN2C.I. The molecule has 2 aromatic carbocycles. The molecule has 140 valence electrons. The lowest BCUT2D eigenvalue weighted by Crippen LogP contribution is -2.36. The van der Waals surface area contributed by atoms with Gasteiger partial charge in [-0.3, -0.25) is 4.99 Å². The van der Waals surface area contributed by atoms with Gasteiger partial charge in [-0.2, -0.15) is 0 Å². The van der Waals surface area contributed by atoms with Gasteiger partial charge in [0.15, 0.2) is 5.96 Å². The largest absolute Gasteiger partial charge is 0.374 e. The van der Waals surface area contributed by atoms with E-state index in [1.807, 2.05) is 6.07 Å². The first kappa shape index (κ1) is 20.5. The standard InChI is InChI=1S/C20H25FN4.HI/c1-22-20(23-13-15-5-3-7-18(21)12-15)24-14-16-8-9-19-17(11-16)6-4-10-25(19)2;/h3,5,7-9,11-12H,4,6,10,13-14H2,1-2H3,(H2,22,23,24);1H. The quantitative estimate of drug-likeness (QED) is 0.409. The maximum absolute atomic E-state index is 13.2.